The van der Waals surface area contributed by atoms with Crippen LogP contribution in [0.15, 0.2) is 51.7 Å². The molecule has 0 aliphatic heterocycles. The number of amides is 2. The maximum atomic E-state index is 12.2. The van der Waals surface area contributed by atoms with Crippen molar-refractivity contribution in [1.82, 2.24) is 5.32 Å². The summed E-state index contributed by atoms with van der Waals surface area (Å²) in [7, 11) is 0. The van der Waals surface area contributed by atoms with Gasteiger partial charge in [-0.1, -0.05) is 29.3 Å². The molecule has 0 radical (unpaired) electrons. The summed E-state index contributed by atoms with van der Waals surface area (Å²) in [6.07, 6.45) is 0. The molecule has 2 amide bonds. The monoisotopic (exact) mass is 384 g/mol. The molecule has 7 heteroatoms. The zero-order chi connectivity index (χ0) is 19.6. The predicted molar refractivity (Wildman–Crippen MR) is 104 cm³/mol. The van der Waals surface area contributed by atoms with Crippen molar-refractivity contribution in [2.75, 3.05) is 11.9 Å². The first kappa shape index (κ1) is 18.7. The van der Waals surface area contributed by atoms with Crippen LogP contribution in [0.5, 0.6) is 0 Å². The second-order valence-corrected chi connectivity index (χ2v) is 6.52. The molecule has 0 saturated carbocycles. The number of halogens is 1. The van der Waals surface area contributed by atoms with Crippen LogP contribution >= 0.6 is 11.6 Å². The van der Waals surface area contributed by atoms with Crippen LogP contribution in [0, 0.1) is 13.8 Å². The van der Waals surface area contributed by atoms with Crippen molar-refractivity contribution in [3.8, 4) is 0 Å². The summed E-state index contributed by atoms with van der Waals surface area (Å²) < 4.78 is 5.48. The zero-order valence-corrected chi connectivity index (χ0v) is 15.5. The Morgan fingerprint density at radius 3 is 2.67 bits per heavy atom. The fourth-order valence-corrected chi connectivity index (χ4v) is 2.74. The standard InChI is InChI=1S/C20H17ClN2O4/c1-11-6-7-17-13(8-11)16(24)9-18(27-17)20(26)22-10-19(25)23-15-5-3-4-14(21)12(15)2/h3-9H,10H2,1-2H3,(H,22,26)(H,23,25). The van der Waals surface area contributed by atoms with Crippen molar-refractivity contribution in [3.05, 3.63) is 74.6 Å². The molecular formula is C20H17ClN2O4. The molecule has 6 nitrogen and oxygen atoms in total. The molecule has 0 spiro atoms. The summed E-state index contributed by atoms with van der Waals surface area (Å²) in [5.41, 5.74) is 2.21. The number of aryl methyl sites for hydroxylation is 1. The Morgan fingerprint density at radius 2 is 1.89 bits per heavy atom. The third-order valence-electron chi connectivity index (χ3n) is 4.06. The Labute approximate surface area is 160 Å². The molecule has 3 aromatic rings. The van der Waals surface area contributed by atoms with Crippen molar-refractivity contribution < 1.29 is 14.0 Å². The minimum absolute atomic E-state index is 0.150. The van der Waals surface area contributed by atoms with E-state index in [0.29, 0.717) is 21.7 Å². The van der Waals surface area contributed by atoms with Gasteiger partial charge < -0.3 is 15.1 Å². The van der Waals surface area contributed by atoms with Gasteiger partial charge >= 0.3 is 0 Å². The van der Waals surface area contributed by atoms with E-state index in [0.717, 1.165) is 17.2 Å². The van der Waals surface area contributed by atoms with Gasteiger partial charge in [-0.15, -0.1) is 0 Å². The lowest BCUT2D eigenvalue weighted by Crippen LogP contribution is -2.33. The van der Waals surface area contributed by atoms with Gasteiger partial charge in [-0.05, 0) is 43.7 Å². The molecular weight excluding hydrogens is 368 g/mol. The van der Waals surface area contributed by atoms with E-state index in [-0.39, 0.29) is 17.7 Å². The number of fused-ring (bicyclic) bond motifs is 1. The van der Waals surface area contributed by atoms with Crippen molar-refractivity contribution in [2.45, 2.75) is 13.8 Å². The third kappa shape index (κ3) is 4.17. The van der Waals surface area contributed by atoms with E-state index in [1.165, 1.54) is 0 Å². The first-order valence-electron chi connectivity index (χ1n) is 8.23. The average Bonchev–Trinajstić information content (AvgIpc) is 2.64. The topological polar surface area (TPSA) is 88.4 Å². The molecule has 1 heterocycles. The van der Waals surface area contributed by atoms with Crippen molar-refractivity contribution >= 4 is 40.1 Å². The largest absolute Gasteiger partial charge is 0.451 e. The summed E-state index contributed by atoms with van der Waals surface area (Å²) in [6, 6.07) is 11.4. The van der Waals surface area contributed by atoms with Gasteiger partial charge in [0, 0.05) is 16.8 Å². The Morgan fingerprint density at radius 1 is 1.11 bits per heavy atom. The molecule has 2 N–H and O–H groups in total. The molecule has 138 valence electrons. The highest BCUT2D eigenvalue weighted by molar-refractivity contribution is 6.31. The van der Waals surface area contributed by atoms with E-state index in [1.54, 1.807) is 43.3 Å². The number of rotatable bonds is 4. The lowest BCUT2D eigenvalue weighted by Gasteiger charge is -2.10. The van der Waals surface area contributed by atoms with Gasteiger partial charge in [-0.2, -0.15) is 0 Å². The number of hydrogen-bond acceptors (Lipinski definition) is 4. The molecule has 0 atom stereocenters. The van der Waals surface area contributed by atoms with Crippen LogP contribution in [0.1, 0.15) is 21.7 Å². The molecule has 0 fully saturated rings. The van der Waals surface area contributed by atoms with Crippen LogP contribution in [0.4, 0.5) is 5.69 Å². The van der Waals surface area contributed by atoms with E-state index in [1.807, 2.05) is 6.92 Å². The number of anilines is 1. The van der Waals surface area contributed by atoms with Crippen molar-refractivity contribution in [2.24, 2.45) is 0 Å². The molecule has 3 rings (SSSR count). The smallest absolute Gasteiger partial charge is 0.287 e. The van der Waals surface area contributed by atoms with E-state index in [9.17, 15) is 14.4 Å². The van der Waals surface area contributed by atoms with Gasteiger partial charge in [0.1, 0.15) is 5.58 Å². The molecule has 0 saturated heterocycles. The first-order valence-corrected chi connectivity index (χ1v) is 8.60. The van der Waals surface area contributed by atoms with Gasteiger partial charge in [-0.3, -0.25) is 14.4 Å². The molecule has 0 unspecified atom stereocenters. The predicted octanol–water partition coefficient (Wildman–Crippen LogP) is 3.43. The summed E-state index contributed by atoms with van der Waals surface area (Å²) >= 11 is 6.01. The third-order valence-corrected chi connectivity index (χ3v) is 4.47. The average molecular weight is 385 g/mol. The fourth-order valence-electron chi connectivity index (χ4n) is 2.57. The quantitative estimate of drug-likeness (QED) is 0.721. The van der Waals surface area contributed by atoms with E-state index >= 15 is 0 Å². The van der Waals surface area contributed by atoms with Crippen LogP contribution in [0.25, 0.3) is 11.0 Å². The normalized spacial score (nSPS) is 10.6. The Balaban J connectivity index is 1.69. The van der Waals surface area contributed by atoms with Crippen molar-refractivity contribution in [1.29, 1.82) is 0 Å². The van der Waals surface area contributed by atoms with Crippen LogP contribution in [0.3, 0.4) is 0 Å². The minimum Gasteiger partial charge on any atom is -0.451 e. The lowest BCUT2D eigenvalue weighted by atomic mass is 10.1. The SMILES string of the molecule is Cc1ccc2oc(C(=O)NCC(=O)Nc3cccc(Cl)c3C)cc(=O)c2c1. The Hall–Kier alpha value is -3.12. The molecule has 0 bridgehead atoms. The summed E-state index contributed by atoms with van der Waals surface area (Å²) in [5.74, 6) is -1.22. The molecule has 2 aromatic carbocycles. The highest BCUT2D eigenvalue weighted by atomic mass is 35.5. The van der Waals surface area contributed by atoms with Gasteiger partial charge in [0.2, 0.25) is 5.91 Å². The molecule has 1 aromatic heterocycles. The van der Waals surface area contributed by atoms with Crippen LogP contribution in [-0.4, -0.2) is 18.4 Å². The Bertz CT molecular complexity index is 1100. The maximum Gasteiger partial charge on any atom is 0.287 e. The van der Waals surface area contributed by atoms with Crippen LogP contribution in [0.2, 0.25) is 5.02 Å². The van der Waals surface area contributed by atoms with Gasteiger partial charge in [0.25, 0.3) is 5.91 Å². The number of benzene rings is 2. The zero-order valence-electron chi connectivity index (χ0n) is 14.8. The fraction of sp³-hybridized carbons (Fsp3) is 0.150. The second kappa shape index (κ2) is 7.63. The van der Waals surface area contributed by atoms with Gasteiger partial charge in [0.05, 0.1) is 11.9 Å². The summed E-state index contributed by atoms with van der Waals surface area (Å²) in [5, 5.41) is 6.05. The number of nitrogens with one attached hydrogen (secondary N) is 2. The number of carbonyl (C=O) groups is 2. The minimum atomic E-state index is -0.646. The van der Waals surface area contributed by atoms with E-state index < -0.39 is 11.8 Å². The number of carbonyl (C=O) groups excluding carboxylic acids is 2. The first-order chi connectivity index (χ1) is 12.8. The van der Waals surface area contributed by atoms with Crippen LogP contribution < -0.4 is 16.1 Å². The van der Waals surface area contributed by atoms with Gasteiger partial charge in [-0.25, -0.2) is 0 Å². The summed E-state index contributed by atoms with van der Waals surface area (Å²) in [6.45, 7) is 3.36. The highest BCUT2D eigenvalue weighted by Gasteiger charge is 2.14. The molecule has 0 aliphatic rings. The van der Waals surface area contributed by atoms with E-state index in [2.05, 4.69) is 10.6 Å². The summed E-state index contributed by atoms with van der Waals surface area (Å²) in [4.78, 5) is 36.5. The Kier molecular flexibility index (Phi) is 5.28. The maximum absolute atomic E-state index is 12.2. The molecule has 27 heavy (non-hydrogen) atoms. The second-order valence-electron chi connectivity index (χ2n) is 6.12. The van der Waals surface area contributed by atoms with Crippen LogP contribution in [-0.2, 0) is 4.79 Å². The van der Waals surface area contributed by atoms with Crippen molar-refractivity contribution in [3.63, 3.8) is 0 Å². The highest BCUT2D eigenvalue weighted by Crippen LogP contribution is 2.22. The lowest BCUT2D eigenvalue weighted by molar-refractivity contribution is -0.115. The van der Waals surface area contributed by atoms with Gasteiger partial charge in [0.15, 0.2) is 11.2 Å². The molecule has 0 aliphatic carbocycles. The number of hydrogen-bond donors (Lipinski definition) is 2. The van der Waals surface area contributed by atoms with E-state index in [4.69, 9.17) is 16.0 Å².